The van der Waals surface area contributed by atoms with E-state index in [2.05, 4.69) is 0 Å². The van der Waals surface area contributed by atoms with E-state index in [0.29, 0.717) is 0 Å². The summed E-state index contributed by atoms with van der Waals surface area (Å²) in [5.74, 6) is -2.49. The van der Waals surface area contributed by atoms with Crippen molar-refractivity contribution in [1.82, 2.24) is 0 Å². The number of carbonyl (C=O) groups is 2. The number of phenols is 2. The maximum Gasteiger partial charge on any atom is 0.322 e. The molecule has 0 aromatic heterocycles. The Morgan fingerprint density at radius 2 is 1.68 bits per heavy atom. The number of nitrogens with zero attached hydrogens (tertiary/aromatic N) is 1. The molecule has 0 amide bonds. The molecule has 110 valence electrons. The van der Waals surface area contributed by atoms with Crippen molar-refractivity contribution in [1.29, 1.82) is 0 Å². The lowest BCUT2D eigenvalue weighted by Gasteiger charge is -2.20. The molecule has 0 atom stereocenters. The van der Waals surface area contributed by atoms with E-state index < -0.39 is 33.5 Å². The zero-order valence-electron chi connectivity index (χ0n) is 11.3. The van der Waals surface area contributed by atoms with Crippen molar-refractivity contribution in [3.63, 3.8) is 0 Å². The minimum Gasteiger partial charge on any atom is -0.507 e. The minimum atomic E-state index is -0.896. The molecule has 0 heterocycles. The number of hydrogen-bond donors (Lipinski definition) is 2. The van der Waals surface area contributed by atoms with Gasteiger partial charge in [-0.2, -0.15) is 0 Å². The van der Waals surface area contributed by atoms with Gasteiger partial charge < -0.3 is 10.2 Å². The van der Waals surface area contributed by atoms with Crippen molar-refractivity contribution in [2.45, 2.75) is 6.92 Å². The molecule has 0 spiro atoms. The van der Waals surface area contributed by atoms with Crippen molar-refractivity contribution >= 4 is 17.3 Å². The van der Waals surface area contributed by atoms with Crippen LogP contribution in [0.5, 0.6) is 11.5 Å². The summed E-state index contributed by atoms with van der Waals surface area (Å²) >= 11 is 0. The van der Waals surface area contributed by atoms with E-state index in [9.17, 15) is 29.9 Å². The number of nitro benzene ring substituents is 1. The number of fused-ring (bicyclic) bond motifs is 2. The third kappa shape index (κ3) is 1.62. The lowest BCUT2D eigenvalue weighted by atomic mass is 9.80. The molecule has 22 heavy (non-hydrogen) atoms. The zero-order chi connectivity index (χ0) is 16.2. The first kappa shape index (κ1) is 13.7. The first-order valence-electron chi connectivity index (χ1n) is 6.27. The lowest BCUT2D eigenvalue weighted by molar-refractivity contribution is -0.386. The van der Waals surface area contributed by atoms with Crippen LogP contribution in [0.2, 0.25) is 0 Å². The summed E-state index contributed by atoms with van der Waals surface area (Å²) in [5.41, 5.74) is -1.47. The van der Waals surface area contributed by atoms with Crippen molar-refractivity contribution in [3.8, 4) is 11.5 Å². The molecule has 0 saturated carbocycles. The van der Waals surface area contributed by atoms with Crippen molar-refractivity contribution < 1.29 is 24.7 Å². The average molecular weight is 299 g/mol. The molecule has 2 aromatic rings. The van der Waals surface area contributed by atoms with Crippen LogP contribution < -0.4 is 0 Å². The molecule has 0 unspecified atom stereocenters. The van der Waals surface area contributed by atoms with Gasteiger partial charge in [0.05, 0.1) is 10.5 Å². The zero-order valence-corrected chi connectivity index (χ0v) is 11.3. The summed E-state index contributed by atoms with van der Waals surface area (Å²) in [5, 5.41) is 30.8. The summed E-state index contributed by atoms with van der Waals surface area (Å²) in [4.78, 5) is 35.4. The van der Waals surface area contributed by atoms with E-state index in [0.717, 1.165) is 6.07 Å². The number of carbonyl (C=O) groups excluding carboxylic acids is 2. The highest BCUT2D eigenvalue weighted by Crippen LogP contribution is 2.42. The standard InChI is InChI=1S/C15H9NO6/c1-6-5-9(18)13(16(21)22)12-10(6)15(20)11-7(14(12)19)3-2-4-8(11)17/h2-5,17-18H,1H3. The predicted octanol–water partition coefficient (Wildman–Crippen LogP) is 2.09. The summed E-state index contributed by atoms with van der Waals surface area (Å²) in [6.07, 6.45) is 0. The highest BCUT2D eigenvalue weighted by atomic mass is 16.6. The van der Waals surface area contributed by atoms with Crippen molar-refractivity contribution in [3.05, 3.63) is 62.2 Å². The average Bonchev–Trinajstić information content (AvgIpc) is 2.43. The number of hydrogen-bond acceptors (Lipinski definition) is 6. The number of aryl methyl sites for hydroxylation is 1. The second-order valence-corrected chi connectivity index (χ2v) is 4.93. The SMILES string of the molecule is Cc1cc(O)c([N+](=O)[O-])c2c1C(=O)c1c(O)cccc1C2=O. The second-order valence-electron chi connectivity index (χ2n) is 4.93. The van der Waals surface area contributed by atoms with Gasteiger partial charge in [0.15, 0.2) is 11.5 Å². The molecule has 7 nitrogen and oxygen atoms in total. The first-order valence-corrected chi connectivity index (χ1v) is 6.27. The van der Waals surface area contributed by atoms with Gasteiger partial charge >= 0.3 is 5.69 Å². The summed E-state index contributed by atoms with van der Waals surface area (Å²) in [6, 6.07) is 5.00. The summed E-state index contributed by atoms with van der Waals surface area (Å²) in [7, 11) is 0. The summed E-state index contributed by atoms with van der Waals surface area (Å²) < 4.78 is 0. The Morgan fingerprint density at radius 3 is 2.32 bits per heavy atom. The molecule has 0 bridgehead atoms. The van der Waals surface area contributed by atoms with Crippen molar-refractivity contribution in [2.24, 2.45) is 0 Å². The normalized spacial score (nSPS) is 12.8. The van der Waals surface area contributed by atoms with Gasteiger partial charge in [-0.15, -0.1) is 0 Å². The number of nitro groups is 1. The topological polar surface area (TPSA) is 118 Å². The molecule has 0 fully saturated rings. The minimum absolute atomic E-state index is 0.120. The third-order valence-electron chi connectivity index (χ3n) is 3.63. The highest BCUT2D eigenvalue weighted by Gasteiger charge is 2.40. The monoisotopic (exact) mass is 299 g/mol. The Hall–Kier alpha value is -3.22. The molecular formula is C15H9NO6. The molecular weight excluding hydrogens is 290 g/mol. The van der Waals surface area contributed by atoms with Gasteiger partial charge in [-0.25, -0.2) is 0 Å². The molecule has 1 aliphatic carbocycles. The predicted molar refractivity (Wildman–Crippen MR) is 74.5 cm³/mol. The van der Waals surface area contributed by atoms with E-state index >= 15 is 0 Å². The van der Waals surface area contributed by atoms with Gasteiger partial charge in [0, 0.05) is 11.1 Å². The van der Waals surface area contributed by atoms with Gasteiger partial charge in [0.2, 0.25) is 5.78 Å². The Balaban J connectivity index is 2.47. The van der Waals surface area contributed by atoms with Crippen LogP contribution in [-0.4, -0.2) is 26.7 Å². The Labute approximate surface area is 123 Å². The van der Waals surface area contributed by atoms with Crippen LogP contribution in [0.3, 0.4) is 0 Å². The lowest BCUT2D eigenvalue weighted by Crippen LogP contribution is -2.23. The molecule has 2 aromatic carbocycles. The quantitative estimate of drug-likeness (QED) is 0.524. The van der Waals surface area contributed by atoms with Gasteiger partial charge in [-0.1, -0.05) is 12.1 Å². The first-order chi connectivity index (χ1) is 10.3. The fraction of sp³-hybridized carbons (Fsp3) is 0.0667. The Morgan fingerprint density at radius 1 is 1.00 bits per heavy atom. The molecule has 1 aliphatic rings. The van der Waals surface area contributed by atoms with Gasteiger partial charge in [0.25, 0.3) is 0 Å². The van der Waals surface area contributed by atoms with Crippen LogP contribution in [-0.2, 0) is 0 Å². The van der Waals surface area contributed by atoms with E-state index in [1.54, 1.807) is 0 Å². The van der Waals surface area contributed by atoms with E-state index in [1.165, 1.54) is 25.1 Å². The second kappa shape index (κ2) is 4.39. The van der Waals surface area contributed by atoms with E-state index in [4.69, 9.17) is 0 Å². The third-order valence-corrected chi connectivity index (χ3v) is 3.63. The molecule has 0 saturated heterocycles. The maximum absolute atomic E-state index is 12.6. The fourth-order valence-electron chi connectivity index (χ4n) is 2.72. The molecule has 0 aliphatic heterocycles. The van der Waals surface area contributed by atoms with Crippen LogP contribution in [0, 0.1) is 17.0 Å². The van der Waals surface area contributed by atoms with E-state index in [1.807, 2.05) is 0 Å². The van der Waals surface area contributed by atoms with Crippen LogP contribution in [0.25, 0.3) is 0 Å². The van der Waals surface area contributed by atoms with Crippen LogP contribution in [0.15, 0.2) is 24.3 Å². The van der Waals surface area contributed by atoms with Crippen LogP contribution >= 0.6 is 0 Å². The number of aromatic hydroxyl groups is 2. The van der Waals surface area contributed by atoms with Crippen LogP contribution in [0.1, 0.15) is 37.4 Å². The van der Waals surface area contributed by atoms with Gasteiger partial charge in [-0.3, -0.25) is 19.7 Å². The van der Waals surface area contributed by atoms with Gasteiger partial charge in [-0.05, 0) is 24.6 Å². The maximum atomic E-state index is 12.6. The van der Waals surface area contributed by atoms with Crippen LogP contribution in [0.4, 0.5) is 5.69 Å². The number of phenolic OH excluding ortho intramolecular Hbond substituents is 2. The largest absolute Gasteiger partial charge is 0.507 e. The summed E-state index contributed by atoms with van der Waals surface area (Å²) in [6.45, 7) is 1.46. The highest BCUT2D eigenvalue weighted by molar-refractivity contribution is 6.31. The Kier molecular flexibility index (Phi) is 2.74. The fourth-order valence-corrected chi connectivity index (χ4v) is 2.72. The Bertz CT molecular complexity index is 884. The number of benzene rings is 2. The molecule has 7 heteroatoms. The molecule has 0 radical (unpaired) electrons. The number of ketones is 2. The molecule has 3 rings (SSSR count). The van der Waals surface area contributed by atoms with Crippen molar-refractivity contribution in [2.75, 3.05) is 0 Å². The van der Waals surface area contributed by atoms with E-state index in [-0.39, 0.29) is 28.0 Å². The molecule has 2 N–H and O–H groups in total. The number of rotatable bonds is 1. The smallest absolute Gasteiger partial charge is 0.322 e. The van der Waals surface area contributed by atoms with Gasteiger partial charge in [0.1, 0.15) is 11.3 Å².